The van der Waals surface area contributed by atoms with E-state index >= 15 is 0 Å². The number of aromatic nitrogens is 1. The van der Waals surface area contributed by atoms with Gasteiger partial charge in [-0.3, -0.25) is 0 Å². The molecule has 0 fully saturated rings. The Labute approximate surface area is 461 Å². The van der Waals surface area contributed by atoms with Crippen molar-refractivity contribution in [3.8, 4) is 27.9 Å². The van der Waals surface area contributed by atoms with E-state index in [9.17, 15) is 0 Å². The minimum absolute atomic E-state index is 0.0162. The Bertz CT molecular complexity index is 4250. The molecule has 1 aliphatic carbocycles. The highest BCUT2D eigenvalue weighted by Gasteiger charge is 2.48. The fourth-order valence-electron chi connectivity index (χ4n) is 13.6. The molecule has 9 aromatic carbocycles. The van der Waals surface area contributed by atoms with Crippen LogP contribution in [-0.4, -0.2) is 11.4 Å². The van der Waals surface area contributed by atoms with Crippen molar-refractivity contribution in [2.45, 2.75) is 124 Å². The number of hydrogen-bond donors (Lipinski definition) is 0. The first-order chi connectivity index (χ1) is 37.0. The Morgan fingerprint density at radius 1 is 0.462 bits per heavy atom. The van der Waals surface area contributed by atoms with Gasteiger partial charge in [0.15, 0.2) is 0 Å². The minimum atomic E-state index is -0.229. The quantitative estimate of drug-likeness (QED) is 0.164. The predicted molar refractivity (Wildman–Crippen MR) is 334 cm³/mol. The van der Waals surface area contributed by atoms with Crippen molar-refractivity contribution in [1.29, 1.82) is 0 Å². The lowest BCUT2D eigenvalue weighted by molar-refractivity contribution is 0.590. The van der Waals surface area contributed by atoms with E-state index in [4.69, 9.17) is 4.42 Å². The number of fused-ring (bicyclic) bond motifs is 16. The summed E-state index contributed by atoms with van der Waals surface area (Å²) in [4.78, 5) is 5.16. The maximum Gasteiger partial charge on any atom is 0.333 e. The van der Waals surface area contributed by atoms with Crippen molar-refractivity contribution < 1.29 is 4.42 Å². The molecule has 14 rings (SSSR count). The van der Waals surface area contributed by atoms with Crippen molar-refractivity contribution >= 4 is 90.0 Å². The molecule has 0 bridgehead atoms. The second kappa shape index (κ2) is 16.2. The number of nitrogens with zero attached hydrogens (tertiary/aromatic N) is 3. The van der Waals surface area contributed by atoms with Gasteiger partial charge in [0.1, 0.15) is 11.2 Å². The summed E-state index contributed by atoms with van der Waals surface area (Å²) in [5.41, 5.74) is 26.5. The van der Waals surface area contributed by atoms with Gasteiger partial charge >= 0.3 is 6.85 Å². The highest BCUT2D eigenvalue weighted by Crippen LogP contribution is 2.55. The van der Waals surface area contributed by atoms with Gasteiger partial charge in [0.05, 0.1) is 11.0 Å². The van der Waals surface area contributed by atoms with Crippen molar-refractivity contribution in [1.82, 2.24) is 4.57 Å². The number of para-hydroxylation sites is 1. The van der Waals surface area contributed by atoms with Crippen LogP contribution in [0.15, 0.2) is 174 Å². The molecule has 2 aliphatic heterocycles. The molecule has 4 nitrogen and oxygen atoms in total. The standard InChI is InChI=1S/C73H70BN3O/c1-69(2,3)43-23-30-47(31-24-43)75(48-32-25-44(26-33-48)70(4,5)6)50-36-37-52-60(40-50)77(49-34-27-45(28-35-49)71(7,8)9)74-58-42-57-54(51-19-15-17-21-56(51)73(57,13)14)41-61(58)76-59-38-29-46(72(10,11)12)39-55(59)63-64-53-20-16-18-22-62(53)78-68(64)65(52)66(74)67(63)76/h15-42H,1-14H3. The first kappa shape index (κ1) is 48.6. The number of rotatable bonds is 4. The molecule has 0 amide bonds. The summed E-state index contributed by atoms with van der Waals surface area (Å²) in [6.45, 7) is 32.3. The third-order valence-electron chi connectivity index (χ3n) is 18.0. The highest BCUT2D eigenvalue weighted by atomic mass is 16.3. The normalized spacial score (nSPS) is 14.6. The minimum Gasteiger partial charge on any atom is -0.455 e. The van der Waals surface area contributed by atoms with Crippen LogP contribution < -0.4 is 20.6 Å². The van der Waals surface area contributed by atoms with E-state index in [2.05, 4.69) is 281 Å². The molecular formula is C73H70BN3O. The van der Waals surface area contributed by atoms with Crippen LogP contribution in [-0.2, 0) is 27.1 Å². The van der Waals surface area contributed by atoms with Gasteiger partial charge in [-0.15, -0.1) is 0 Å². The number of hydrogen-bond acceptors (Lipinski definition) is 3. The van der Waals surface area contributed by atoms with Crippen molar-refractivity contribution in [3.63, 3.8) is 0 Å². The smallest absolute Gasteiger partial charge is 0.333 e. The molecule has 2 aromatic heterocycles. The molecule has 5 heteroatoms. The Kier molecular flexibility index (Phi) is 10.1. The molecule has 0 radical (unpaired) electrons. The fraction of sp³-hybridized carbons (Fsp3) is 0.260. The fourth-order valence-corrected chi connectivity index (χ4v) is 13.6. The monoisotopic (exact) mass is 1020 g/mol. The molecular weight excluding hydrogens is 946 g/mol. The van der Waals surface area contributed by atoms with Crippen molar-refractivity contribution in [2.75, 3.05) is 9.71 Å². The molecule has 0 atom stereocenters. The Balaban J connectivity index is 1.15. The van der Waals surface area contributed by atoms with Gasteiger partial charge in [-0.25, -0.2) is 0 Å². The summed E-state index contributed by atoms with van der Waals surface area (Å²) >= 11 is 0. The van der Waals surface area contributed by atoms with Crippen molar-refractivity contribution in [3.05, 3.63) is 203 Å². The number of furan rings is 1. The first-order valence-corrected chi connectivity index (χ1v) is 28.3. The number of benzene rings is 9. The van der Waals surface area contributed by atoms with Gasteiger partial charge in [-0.2, -0.15) is 0 Å². The average Bonchev–Trinajstić information content (AvgIpc) is 4.23. The second-order valence-electron chi connectivity index (χ2n) is 27.5. The van der Waals surface area contributed by atoms with Crippen LogP contribution in [0.3, 0.4) is 0 Å². The van der Waals surface area contributed by atoms with E-state index in [1.165, 1.54) is 93.9 Å². The summed E-state index contributed by atoms with van der Waals surface area (Å²) in [5.74, 6) is 0. The molecule has 4 heterocycles. The molecule has 11 aromatic rings. The third kappa shape index (κ3) is 6.98. The van der Waals surface area contributed by atoms with Gasteiger partial charge in [0, 0.05) is 72.2 Å². The lowest BCUT2D eigenvalue weighted by atomic mass is 9.43. The molecule has 0 N–H and O–H groups in total. The van der Waals surface area contributed by atoms with Crippen LogP contribution in [0.1, 0.15) is 130 Å². The largest absolute Gasteiger partial charge is 0.455 e. The molecule has 3 aliphatic rings. The zero-order valence-electron chi connectivity index (χ0n) is 48.0. The molecule has 0 spiro atoms. The van der Waals surface area contributed by atoms with E-state index in [-0.39, 0.29) is 33.9 Å². The topological polar surface area (TPSA) is 24.6 Å². The van der Waals surface area contributed by atoms with Crippen LogP contribution in [0.25, 0.3) is 71.7 Å². The summed E-state index contributed by atoms with van der Waals surface area (Å²) in [6.07, 6.45) is 0. The molecule has 0 saturated carbocycles. The van der Waals surface area contributed by atoms with Crippen molar-refractivity contribution in [2.24, 2.45) is 0 Å². The second-order valence-corrected chi connectivity index (χ2v) is 27.5. The summed E-state index contributed by atoms with van der Waals surface area (Å²) < 4.78 is 10.1. The molecule has 0 unspecified atom stereocenters. The van der Waals surface area contributed by atoms with E-state index in [0.29, 0.717) is 0 Å². The van der Waals surface area contributed by atoms with Gasteiger partial charge < -0.3 is 18.7 Å². The highest BCUT2D eigenvalue weighted by molar-refractivity contribution is 6.94. The van der Waals surface area contributed by atoms with Gasteiger partial charge in [0.2, 0.25) is 0 Å². The Morgan fingerprint density at radius 2 is 1.03 bits per heavy atom. The van der Waals surface area contributed by atoms with E-state index in [0.717, 1.165) is 50.6 Å². The zero-order valence-corrected chi connectivity index (χ0v) is 48.0. The van der Waals surface area contributed by atoms with Gasteiger partial charge in [-0.05, 0) is 150 Å². The van der Waals surface area contributed by atoms with E-state index < -0.39 is 0 Å². The third-order valence-corrected chi connectivity index (χ3v) is 18.0. The maximum atomic E-state index is 7.43. The predicted octanol–water partition coefficient (Wildman–Crippen LogP) is 18.9. The van der Waals surface area contributed by atoms with Gasteiger partial charge in [0.25, 0.3) is 0 Å². The Morgan fingerprint density at radius 3 is 1.65 bits per heavy atom. The van der Waals surface area contributed by atoms with Crippen LogP contribution in [0.4, 0.5) is 28.4 Å². The Hall–Kier alpha value is -7.76. The molecule has 0 saturated heterocycles. The lowest BCUT2D eigenvalue weighted by Gasteiger charge is -2.43. The van der Waals surface area contributed by atoms with E-state index in [1.807, 2.05) is 0 Å². The summed E-state index contributed by atoms with van der Waals surface area (Å²) in [5, 5.41) is 4.85. The summed E-state index contributed by atoms with van der Waals surface area (Å²) in [6, 6.07) is 65.5. The van der Waals surface area contributed by atoms with Crippen LogP contribution in [0.5, 0.6) is 0 Å². The SMILES string of the molecule is CC(C)(C)c1ccc(N2B3c4cc5c(cc4-n4c6ccc(C(C)(C)C)cc6c6c7c(oc8ccccc87)c(c3c64)-c3ccc(N(c4ccc(C(C)(C)C)cc4)c4ccc(C(C)(C)C)cc4)cc32)-c2ccccc2C5(C)C)cc1. The molecule has 386 valence electrons. The average molecular weight is 1020 g/mol. The number of anilines is 5. The lowest BCUT2D eigenvalue weighted by Crippen LogP contribution is -2.60. The maximum absolute atomic E-state index is 7.43. The van der Waals surface area contributed by atoms with Crippen LogP contribution in [0, 0.1) is 0 Å². The van der Waals surface area contributed by atoms with Crippen LogP contribution >= 0.6 is 0 Å². The van der Waals surface area contributed by atoms with Crippen LogP contribution in [0.2, 0.25) is 0 Å². The first-order valence-electron chi connectivity index (χ1n) is 28.3. The zero-order chi connectivity index (χ0) is 54.3. The molecule has 78 heavy (non-hydrogen) atoms. The van der Waals surface area contributed by atoms with Gasteiger partial charge in [-0.1, -0.05) is 194 Å². The van der Waals surface area contributed by atoms with E-state index in [1.54, 1.807) is 0 Å². The summed E-state index contributed by atoms with van der Waals surface area (Å²) in [7, 11) is 0.